The molecule has 1 saturated heterocycles. The molecule has 0 spiro atoms. The minimum atomic E-state index is -0.587. The van der Waals surface area contributed by atoms with Gasteiger partial charge in [0.2, 0.25) is 0 Å². The van der Waals surface area contributed by atoms with Crippen molar-refractivity contribution in [1.29, 1.82) is 0 Å². The summed E-state index contributed by atoms with van der Waals surface area (Å²) in [7, 11) is 0. The molecule has 0 aliphatic carbocycles. The van der Waals surface area contributed by atoms with Crippen LogP contribution in [0.4, 0.5) is 4.79 Å². The first kappa shape index (κ1) is 23.1. The molecular weight excluding hydrogens is 481 g/mol. The first-order chi connectivity index (χ1) is 15.8. The lowest BCUT2D eigenvalue weighted by molar-refractivity contribution is -0.123. The zero-order valence-electron chi connectivity index (χ0n) is 17.4. The van der Waals surface area contributed by atoms with E-state index >= 15 is 0 Å². The first-order valence-corrected chi connectivity index (χ1v) is 11.5. The summed E-state index contributed by atoms with van der Waals surface area (Å²) in [5.41, 5.74) is 2.67. The van der Waals surface area contributed by atoms with E-state index in [1.54, 1.807) is 42.5 Å². The zero-order chi connectivity index (χ0) is 23.5. The predicted molar refractivity (Wildman–Crippen MR) is 131 cm³/mol. The second kappa shape index (κ2) is 9.83. The quantitative estimate of drug-likeness (QED) is 0.221. The van der Waals surface area contributed by atoms with Gasteiger partial charge < -0.3 is 4.74 Å². The third-order valence-corrected chi connectivity index (χ3v) is 6.27. The average Bonchev–Trinajstić information content (AvgIpc) is 3.05. The van der Waals surface area contributed by atoms with Crippen LogP contribution in [0.5, 0.6) is 5.75 Å². The summed E-state index contributed by atoms with van der Waals surface area (Å²) in [4.78, 5) is 39.4. The molecule has 0 unspecified atom stereocenters. The Morgan fingerprint density at radius 2 is 1.64 bits per heavy atom. The van der Waals surface area contributed by atoms with Gasteiger partial charge in [0.15, 0.2) is 0 Å². The van der Waals surface area contributed by atoms with Crippen LogP contribution >= 0.6 is 35.0 Å². The average molecular weight is 498 g/mol. The van der Waals surface area contributed by atoms with Crippen molar-refractivity contribution >= 4 is 58.2 Å². The maximum absolute atomic E-state index is 12.9. The van der Waals surface area contributed by atoms with Gasteiger partial charge in [-0.25, -0.2) is 4.79 Å². The number of carbonyl (C=O) groups is 3. The van der Waals surface area contributed by atoms with Crippen molar-refractivity contribution in [3.8, 4) is 5.75 Å². The van der Waals surface area contributed by atoms with E-state index in [1.807, 2.05) is 31.2 Å². The van der Waals surface area contributed by atoms with Crippen LogP contribution in [0.15, 0.2) is 71.6 Å². The number of esters is 1. The molecular formula is C25H17Cl2NO4S. The zero-order valence-corrected chi connectivity index (χ0v) is 19.7. The number of nitrogens with zero attached hydrogens (tertiary/aromatic N) is 1. The van der Waals surface area contributed by atoms with Gasteiger partial charge >= 0.3 is 5.97 Å². The van der Waals surface area contributed by atoms with Crippen molar-refractivity contribution in [2.75, 3.05) is 0 Å². The minimum absolute atomic E-state index is 0.177. The molecule has 1 aliphatic heterocycles. The molecule has 0 bridgehead atoms. The van der Waals surface area contributed by atoms with Crippen molar-refractivity contribution < 1.29 is 19.1 Å². The number of benzene rings is 3. The molecule has 0 saturated carbocycles. The van der Waals surface area contributed by atoms with Crippen LogP contribution in [-0.4, -0.2) is 22.0 Å². The minimum Gasteiger partial charge on any atom is -0.422 e. The first-order valence-electron chi connectivity index (χ1n) is 9.88. The molecule has 5 nitrogen and oxygen atoms in total. The number of rotatable bonds is 5. The number of hydrogen-bond donors (Lipinski definition) is 0. The highest BCUT2D eigenvalue weighted by molar-refractivity contribution is 8.18. The van der Waals surface area contributed by atoms with Crippen LogP contribution < -0.4 is 4.74 Å². The highest BCUT2D eigenvalue weighted by Crippen LogP contribution is 2.36. The van der Waals surface area contributed by atoms with E-state index in [9.17, 15) is 14.4 Å². The van der Waals surface area contributed by atoms with Gasteiger partial charge in [-0.1, -0.05) is 53.0 Å². The highest BCUT2D eigenvalue weighted by Gasteiger charge is 2.35. The van der Waals surface area contributed by atoms with Crippen LogP contribution in [0.1, 0.15) is 27.0 Å². The Morgan fingerprint density at radius 1 is 0.970 bits per heavy atom. The van der Waals surface area contributed by atoms with Gasteiger partial charge in [0, 0.05) is 15.6 Å². The number of ether oxygens (including phenoxy) is 1. The molecule has 1 heterocycles. The lowest BCUT2D eigenvalue weighted by atomic mass is 10.1. The second-order valence-electron chi connectivity index (χ2n) is 7.33. The summed E-state index contributed by atoms with van der Waals surface area (Å²) in [5, 5.41) is 0.528. The van der Waals surface area contributed by atoms with Gasteiger partial charge in [-0.05, 0) is 72.8 Å². The van der Waals surface area contributed by atoms with Crippen molar-refractivity contribution in [3.05, 3.63) is 104 Å². The van der Waals surface area contributed by atoms with Crippen LogP contribution in [-0.2, 0) is 11.3 Å². The Labute approximate surface area is 204 Å². The van der Waals surface area contributed by atoms with Crippen LogP contribution in [0.3, 0.4) is 0 Å². The predicted octanol–water partition coefficient (Wildman–Crippen LogP) is 6.76. The fourth-order valence-corrected chi connectivity index (χ4v) is 4.26. The molecule has 2 amide bonds. The fourth-order valence-electron chi connectivity index (χ4n) is 3.12. The number of aryl methyl sites for hydroxylation is 1. The third kappa shape index (κ3) is 5.47. The van der Waals surface area contributed by atoms with Gasteiger partial charge in [0.1, 0.15) is 5.75 Å². The van der Waals surface area contributed by atoms with Gasteiger partial charge in [0.05, 0.1) is 17.0 Å². The number of hydrogen-bond acceptors (Lipinski definition) is 5. The van der Waals surface area contributed by atoms with Crippen molar-refractivity contribution in [1.82, 2.24) is 4.90 Å². The second-order valence-corrected chi connectivity index (χ2v) is 9.20. The molecule has 1 aliphatic rings. The molecule has 3 aromatic carbocycles. The number of halogens is 2. The van der Waals surface area contributed by atoms with Gasteiger partial charge in [-0.2, -0.15) is 0 Å². The monoisotopic (exact) mass is 497 g/mol. The van der Waals surface area contributed by atoms with E-state index in [4.69, 9.17) is 27.9 Å². The Balaban J connectivity index is 1.58. The molecule has 0 atom stereocenters. The number of imide groups is 1. The Kier molecular flexibility index (Phi) is 6.88. The summed E-state index contributed by atoms with van der Waals surface area (Å²) in [6, 6.07) is 18.6. The van der Waals surface area contributed by atoms with Crippen molar-refractivity contribution in [2.24, 2.45) is 0 Å². The van der Waals surface area contributed by atoms with Crippen molar-refractivity contribution in [3.63, 3.8) is 0 Å². The standard InChI is InChI=1S/C25H17Cl2NO4S/c1-15-2-4-16(5-3-15)14-28-23(29)22(33-25(28)31)13-18-12-20(27)10-11-21(18)32-24(30)17-6-8-19(26)9-7-17/h2-13H,14H2,1H3/b22-13-. The number of carbonyl (C=O) groups excluding carboxylic acids is 3. The van der Waals surface area contributed by atoms with Gasteiger partial charge in [-0.3, -0.25) is 14.5 Å². The third-order valence-electron chi connectivity index (χ3n) is 4.88. The SMILES string of the molecule is Cc1ccc(CN2C(=O)S/C(=C\c3cc(Cl)ccc3OC(=O)c3ccc(Cl)cc3)C2=O)cc1. The molecule has 0 aromatic heterocycles. The molecule has 4 rings (SSSR count). The van der Waals surface area contributed by atoms with Crippen molar-refractivity contribution in [2.45, 2.75) is 13.5 Å². The molecule has 33 heavy (non-hydrogen) atoms. The summed E-state index contributed by atoms with van der Waals surface area (Å²) in [5.74, 6) is -0.790. The number of amides is 2. The summed E-state index contributed by atoms with van der Waals surface area (Å²) in [6.45, 7) is 2.14. The van der Waals surface area contributed by atoms with Crippen LogP contribution in [0.2, 0.25) is 10.0 Å². The Bertz CT molecular complexity index is 1270. The maximum Gasteiger partial charge on any atom is 0.343 e. The van der Waals surface area contributed by atoms with E-state index in [-0.39, 0.29) is 22.4 Å². The molecule has 3 aromatic rings. The van der Waals surface area contributed by atoms with E-state index in [2.05, 4.69) is 0 Å². The largest absolute Gasteiger partial charge is 0.422 e. The molecule has 0 radical (unpaired) electrons. The molecule has 0 N–H and O–H groups in total. The van der Waals surface area contributed by atoms with Gasteiger partial charge in [-0.15, -0.1) is 0 Å². The topological polar surface area (TPSA) is 63.7 Å². The Morgan fingerprint density at radius 3 is 2.33 bits per heavy atom. The lowest BCUT2D eigenvalue weighted by Gasteiger charge is -2.12. The van der Waals surface area contributed by atoms with E-state index in [1.165, 1.54) is 11.0 Å². The summed E-state index contributed by atoms with van der Waals surface area (Å²) < 4.78 is 5.53. The highest BCUT2D eigenvalue weighted by atomic mass is 35.5. The van der Waals surface area contributed by atoms with E-state index in [0.29, 0.717) is 21.2 Å². The van der Waals surface area contributed by atoms with E-state index < -0.39 is 11.9 Å². The molecule has 1 fully saturated rings. The maximum atomic E-state index is 12.9. The number of thioether (sulfide) groups is 1. The Hall–Kier alpha value is -3.06. The lowest BCUT2D eigenvalue weighted by Crippen LogP contribution is -2.27. The fraction of sp³-hybridized carbons (Fsp3) is 0.0800. The van der Waals surface area contributed by atoms with Gasteiger partial charge in [0.25, 0.3) is 11.1 Å². The smallest absolute Gasteiger partial charge is 0.343 e. The molecule has 8 heteroatoms. The van der Waals surface area contributed by atoms with Crippen LogP contribution in [0.25, 0.3) is 6.08 Å². The summed E-state index contributed by atoms with van der Waals surface area (Å²) >= 11 is 12.8. The van der Waals surface area contributed by atoms with E-state index in [0.717, 1.165) is 22.9 Å². The summed E-state index contributed by atoms with van der Waals surface area (Å²) in [6.07, 6.45) is 1.51. The van der Waals surface area contributed by atoms with Crippen LogP contribution in [0, 0.1) is 6.92 Å². The molecule has 166 valence electrons. The normalized spacial score (nSPS) is 14.8.